The van der Waals surface area contributed by atoms with Crippen LogP contribution in [-0.4, -0.2) is 41.3 Å². The Morgan fingerprint density at radius 2 is 2.00 bits per heavy atom. The molecule has 0 saturated carbocycles. The van der Waals surface area contributed by atoms with Gasteiger partial charge < -0.3 is 9.88 Å². The van der Waals surface area contributed by atoms with Crippen molar-refractivity contribution >= 4 is 27.3 Å². The predicted molar refractivity (Wildman–Crippen MR) is 120 cm³/mol. The van der Waals surface area contributed by atoms with Crippen LogP contribution < -0.4 is 5.32 Å². The van der Waals surface area contributed by atoms with E-state index in [1.165, 1.54) is 15.6 Å². The highest BCUT2D eigenvalue weighted by molar-refractivity contribution is 7.91. The Hall–Kier alpha value is -2.49. The van der Waals surface area contributed by atoms with Crippen LogP contribution in [0.5, 0.6) is 0 Å². The second-order valence-electron chi connectivity index (χ2n) is 7.82. The van der Waals surface area contributed by atoms with Crippen molar-refractivity contribution in [2.75, 3.05) is 13.1 Å². The lowest BCUT2D eigenvalue weighted by Gasteiger charge is -2.32. The average Bonchev–Trinajstić information content (AvgIpc) is 3.41. The van der Waals surface area contributed by atoms with Crippen LogP contribution in [0.3, 0.4) is 0 Å². The molecule has 2 aromatic heterocycles. The molecule has 31 heavy (non-hydrogen) atoms. The number of imidazole rings is 1. The summed E-state index contributed by atoms with van der Waals surface area (Å²) in [6.07, 6.45) is 4.86. The van der Waals surface area contributed by atoms with Crippen LogP contribution in [-0.2, 0) is 21.9 Å². The summed E-state index contributed by atoms with van der Waals surface area (Å²) < 4.78 is 29.7. The van der Waals surface area contributed by atoms with Gasteiger partial charge in [0.15, 0.2) is 0 Å². The fourth-order valence-electron chi connectivity index (χ4n) is 3.91. The van der Waals surface area contributed by atoms with Crippen molar-refractivity contribution in [3.8, 4) is 0 Å². The van der Waals surface area contributed by atoms with Crippen LogP contribution in [0.15, 0.2) is 59.1 Å². The SMILES string of the molecule is Cc1ccc(S(=O)(=O)N2CCCC(C(=O)NC(c3ccccc3)c3nccn3C)C2)s1. The van der Waals surface area contributed by atoms with Crippen LogP contribution in [0.4, 0.5) is 0 Å². The van der Waals surface area contributed by atoms with Crippen LogP contribution in [0.25, 0.3) is 0 Å². The van der Waals surface area contributed by atoms with Gasteiger partial charge in [0.1, 0.15) is 16.1 Å². The summed E-state index contributed by atoms with van der Waals surface area (Å²) in [5.41, 5.74) is 0.930. The van der Waals surface area contributed by atoms with Crippen LogP contribution in [0.2, 0.25) is 0 Å². The normalized spacial score (nSPS) is 18.6. The summed E-state index contributed by atoms with van der Waals surface area (Å²) in [5.74, 6) is 0.170. The van der Waals surface area contributed by atoms with Gasteiger partial charge in [0, 0.05) is 37.4 Å². The zero-order valence-corrected chi connectivity index (χ0v) is 19.2. The molecule has 1 fully saturated rings. The number of thiophene rings is 1. The molecular weight excluding hydrogens is 432 g/mol. The standard InChI is InChI=1S/C22H26N4O3S2/c1-16-10-11-19(30-16)31(28,29)26-13-6-9-18(15-26)22(27)24-20(17-7-4-3-5-8-17)21-23-12-14-25(21)2/h3-5,7-8,10-12,14,18,20H,6,9,13,15H2,1-2H3,(H,24,27). The summed E-state index contributed by atoms with van der Waals surface area (Å²) in [7, 11) is -1.69. The van der Waals surface area contributed by atoms with E-state index in [0.29, 0.717) is 23.6 Å². The van der Waals surface area contributed by atoms with Crippen LogP contribution >= 0.6 is 11.3 Å². The summed E-state index contributed by atoms with van der Waals surface area (Å²) in [4.78, 5) is 18.6. The molecule has 1 aliphatic rings. The smallest absolute Gasteiger partial charge is 0.252 e. The Labute approximate surface area is 186 Å². The zero-order valence-electron chi connectivity index (χ0n) is 17.6. The van der Waals surface area contributed by atoms with Gasteiger partial charge in [0.05, 0.1) is 5.92 Å². The molecule has 9 heteroatoms. The lowest BCUT2D eigenvalue weighted by molar-refractivity contribution is -0.126. The van der Waals surface area contributed by atoms with E-state index in [4.69, 9.17) is 0 Å². The molecule has 3 heterocycles. The molecule has 7 nitrogen and oxygen atoms in total. The molecule has 0 radical (unpaired) electrons. The predicted octanol–water partition coefficient (Wildman–Crippen LogP) is 3.10. The van der Waals surface area contributed by atoms with E-state index in [1.54, 1.807) is 12.3 Å². The molecule has 4 rings (SSSR count). The third kappa shape index (κ3) is 4.58. The highest BCUT2D eigenvalue weighted by atomic mass is 32.2. The number of hydrogen-bond acceptors (Lipinski definition) is 5. The van der Waals surface area contributed by atoms with Gasteiger partial charge in [-0.1, -0.05) is 30.3 Å². The number of sulfonamides is 1. The van der Waals surface area contributed by atoms with E-state index in [1.807, 2.05) is 61.1 Å². The molecule has 1 aromatic carbocycles. The van der Waals surface area contributed by atoms with Gasteiger partial charge in [-0.15, -0.1) is 11.3 Å². The maximum Gasteiger partial charge on any atom is 0.252 e. The van der Waals surface area contributed by atoms with E-state index in [-0.39, 0.29) is 12.5 Å². The average molecular weight is 459 g/mol. The topological polar surface area (TPSA) is 84.3 Å². The minimum Gasteiger partial charge on any atom is -0.342 e. The third-order valence-corrected chi connectivity index (χ3v) is 8.93. The Bertz CT molecular complexity index is 1150. The van der Waals surface area contributed by atoms with E-state index in [0.717, 1.165) is 16.3 Å². The van der Waals surface area contributed by atoms with Gasteiger partial charge in [-0.25, -0.2) is 13.4 Å². The lowest BCUT2D eigenvalue weighted by atomic mass is 9.97. The first-order chi connectivity index (χ1) is 14.9. The van der Waals surface area contributed by atoms with Crippen molar-refractivity contribution in [3.63, 3.8) is 0 Å². The molecule has 3 aromatic rings. The number of amides is 1. The van der Waals surface area contributed by atoms with Crippen molar-refractivity contribution in [2.45, 2.75) is 30.0 Å². The molecule has 1 saturated heterocycles. The molecule has 2 atom stereocenters. The number of aromatic nitrogens is 2. The highest BCUT2D eigenvalue weighted by Gasteiger charge is 2.35. The van der Waals surface area contributed by atoms with Gasteiger partial charge in [-0.3, -0.25) is 4.79 Å². The van der Waals surface area contributed by atoms with Crippen LogP contribution in [0.1, 0.15) is 35.1 Å². The van der Waals surface area contributed by atoms with E-state index in [2.05, 4.69) is 10.3 Å². The highest BCUT2D eigenvalue weighted by Crippen LogP contribution is 2.29. The lowest BCUT2D eigenvalue weighted by Crippen LogP contribution is -2.46. The monoisotopic (exact) mass is 458 g/mol. The maximum atomic E-state index is 13.2. The maximum absolute atomic E-state index is 13.2. The molecule has 0 spiro atoms. The molecule has 1 aliphatic heterocycles. The number of nitrogens with one attached hydrogen (secondary N) is 1. The summed E-state index contributed by atoms with van der Waals surface area (Å²) in [6, 6.07) is 12.7. The van der Waals surface area contributed by atoms with Crippen molar-refractivity contribution < 1.29 is 13.2 Å². The molecule has 2 unspecified atom stereocenters. The summed E-state index contributed by atoms with van der Waals surface area (Å²) in [5, 5.41) is 3.12. The fraction of sp³-hybridized carbons (Fsp3) is 0.364. The number of piperidine rings is 1. The Morgan fingerprint density at radius 1 is 1.23 bits per heavy atom. The van der Waals surface area contributed by atoms with Crippen molar-refractivity contribution in [2.24, 2.45) is 13.0 Å². The van der Waals surface area contributed by atoms with Gasteiger partial charge in [-0.2, -0.15) is 4.31 Å². The number of rotatable bonds is 6. The Morgan fingerprint density at radius 3 is 2.65 bits per heavy atom. The summed E-state index contributed by atoms with van der Waals surface area (Å²) >= 11 is 1.26. The van der Waals surface area contributed by atoms with Crippen molar-refractivity contribution in [3.05, 3.63) is 71.1 Å². The molecule has 0 bridgehead atoms. The Kier molecular flexibility index (Phi) is 6.27. The number of aryl methyl sites for hydroxylation is 2. The Balaban J connectivity index is 1.53. The summed E-state index contributed by atoms with van der Waals surface area (Å²) in [6.45, 7) is 2.51. The van der Waals surface area contributed by atoms with Gasteiger partial charge >= 0.3 is 0 Å². The first-order valence-corrected chi connectivity index (χ1v) is 12.5. The van der Waals surface area contributed by atoms with Crippen LogP contribution in [0, 0.1) is 12.8 Å². The quantitative estimate of drug-likeness (QED) is 0.615. The van der Waals surface area contributed by atoms with Crippen molar-refractivity contribution in [1.82, 2.24) is 19.2 Å². The third-order valence-electron chi connectivity index (χ3n) is 5.60. The van der Waals surface area contributed by atoms with Gasteiger partial charge in [0.25, 0.3) is 10.0 Å². The molecule has 164 valence electrons. The van der Waals surface area contributed by atoms with Crippen molar-refractivity contribution in [1.29, 1.82) is 0 Å². The minimum atomic E-state index is -3.58. The van der Waals surface area contributed by atoms with E-state index < -0.39 is 22.0 Å². The second-order valence-corrected chi connectivity index (χ2v) is 11.3. The van der Waals surface area contributed by atoms with Gasteiger partial charge in [-0.05, 0) is 37.5 Å². The minimum absolute atomic E-state index is 0.154. The zero-order chi connectivity index (χ0) is 22.0. The molecular formula is C22H26N4O3S2. The van der Waals surface area contributed by atoms with E-state index in [9.17, 15) is 13.2 Å². The number of carbonyl (C=O) groups is 1. The number of carbonyl (C=O) groups excluding carboxylic acids is 1. The van der Waals surface area contributed by atoms with Gasteiger partial charge in [0.2, 0.25) is 5.91 Å². The molecule has 1 amide bonds. The first-order valence-electron chi connectivity index (χ1n) is 10.3. The van der Waals surface area contributed by atoms with E-state index >= 15 is 0 Å². The molecule has 1 N–H and O–H groups in total. The number of benzene rings is 1. The second kappa shape index (κ2) is 8.94. The molecule has 0 aliphatic carbocycles. The fourth-order valence-corrected chi connectivity index (χ4v) is 6.87. The largest absolute Gasteiger partial charge is 0.342 e. The number of hydrogen-bond donors (Lipinski definition) is 1. The first kappa shape index (κ1) is 21.7. The number of nitrogens with zero attached hydrogens (tertiary/aromatic N) is 3.